The van der Waals surface area contributed by atoms with E-state index in [-0.39, 0.29) is 6.61 Å². The molecule has 2 N–H and O–H groups in total. The van der Waals surface area contributed by atoms with Gasteiger partial charge < -0.3 is 9.47 Å². The van der Waals surface area contributed by atoms with Crippen LogP contribution in [0.5, 0.6) is 11.5 Å². The van der Waals surface area contributed by atoms with Crippen molar-refractivity contribution in [3.63, 3.8) is 0 Å². The summed E-state index contributed by atoms with van der Waals surface area (Å²) < 4.78 is 10.9. The highest BCUT2D eigenvalue weighted by molar-refractivity contribution is 5.85. The number of carbonyl (C=O) groups is 2. The summed E-state index contributed by atoms with van der Waals surface area (Å²) in [6.07, 6.45) is -0.754. The molecule has 2 aromatic carbocycles. The molecule has 0 aromatic heterocycles. The number of para-hydroxylation sites is 1. The Labute approximate surface area is 147 Å². The lowest BCUT2D eigenvalue weighted by atomic mass is 10.1. The number of nitrogens with one attached hydrogen (secondary N) is 2. The van der Waals surface area contributed by atoms with E-state index in [9.17, 15) is 9.59 Å². The van der Waals surface area contributed by atoms with E-state index in [1.807, 2.05) is 32.0 Å². The van der Waals surface area contributed by atoms with E-state index in [1.54, 1.807) is 37.3 Å². The molecular weight excluding hydrogens is 320 g/mol. The van der Waals surface area contributed by atoms with Crippen LogP contribution in [0.25, 0.3) is 0 Å². The summed E-state index contributed by atoms with van der Waals surface area (Å²) in [5.74, 6) is 0.307. The van der Waals surface area contributed by atoms with Gasteiger partial charge in [-0.3, -0.25) is 20.4 Å². The van der Waals surface area contributed by atoms with Crippen LogP contribution in [-0.2, 0) is 9.59 Å². The monoisotopic (exact) mass is 342 g/mol. The van der Waals surface area contributed by atoms with Crippen LogP contribution in [0, 0.1) is 13.8 Å². The molecule has 25 heavy (non-hydrogen) atoms. The van der Waals surface area contributed by atoms with Crippen LogP contribution in [0.2, 0.25) is 0 Å². The lowest BCUT2D eigenvalue weighted by Crippen LogP contribution is -2.48. The maximum absolute atomic E-state index is 12.0. The topological polar surface area (TPSA) is 76.7 Å². The molecule has 2 amide bonds. The number of amides is 2. The standard InChI is InChI=1S/C19H22N2O4/c1-13-8-7-11-17(14(13)2)25-15(3)19(23)21-20-18(22)12-24-16-9-5-4-6-10-16/h4-11,15H,12H2,1-3H3,(H,20,22)(H,21,23). The molecule has 0 heterocycles. The Balaban J connectivity index is 1.77. The lowest BCUT2D eigenvalue weighted by Gasteiger charge is -2.17. The molecule has 0 spiro atoms. The van der Waals surface area contributed by atoms with Crippen molar-refractivity contribution in [3.05, 3.63) is 59.7 Å². The molecule has 2 aromatic rings. The fourth-order valence-electron chi connectivity index (χ4n) is 2.03. The second-order valence-electron chi connectivity index (χ2n) is 5.60. The lowest BCUT2D eigenvalue weighted by molar-refractivity contribution is -0.133. The highest BCUT2D eigenvalue weighted by Crippen LogP contribution is 2.21. The molecule has 0 aliphatic rings. The van der Waals surface area contributed by atoms with E-state index < -0.39 is 17.9 Å². The number of carbonyl (C=O) groups excluding carboxylic acids is 2. The second-order valence-corrected chi connectivity index (χ2v) is 5.60. The Morgan fingerprint density at radius 1 is 1.00 bits per heavy atom. The molecule has 0 saturated heterocycles. The van der Waals surface area contributed by atoms with Crippen LogP contribution < -0.4 is 20.3 Å². The summed E-state index contributed by atoms with van der Waals surface area (Å²) in [5, 5.41) is 0. The number of benzene rings is 2. The van der Waals surface area contributed by atoms with Crippen LogP contribution in [-0.4, -0.2) is 24.5 Å². The fraction of sp³-hybridized carbons (Fsp3) is 0.263. The van der Waals surface area contributed by atoms with Crippen LogP contribution in [0.3, 0.4) is 0 Å². The van der Waals surface area contributed by atoms with Gasteiger partial charge in [0.15, 0.2) is 12.7 Å². The van der Waals surface area contributed by atoms with Crippen molar-refractivity contribution >= 4 is 11.8 Å². The Bertz CT molecular complexity index is 731. The van der Waals surface area contributed by atoms with Crippen molar-refractivity contribution in [3.8, 4) is 11.5 Å². The Kier molecular flexibility index (Phi) is 6.39. The average molecular weight is 342 g/mol. The first kappa shape index (κ1) is 18.3. The van der Waals surface area contributed by atoms with E-state index in [0.717, 1.165) is 11.1 Å². The first-order chi connectivity index (χ1) is 12.0. The van der Waals surface area contributed by atoms with Gasteiger partial charge in [-0.2, -0.15) is 0 Å². The predicted octanol–water partition coefficient (Wildman–Crippen LogP) is 2.30. The zero-order chi connectivity index (χ0) is 18.2. The zero-order valence-electron chi connectivity index (χ0n) is 14.5. The van der Waals surface area contributed by atoms with Crippen molar-refractivity contribution in [2.75, 3.05) is 6.61 Å². The number of rotatable bonds is 6. The zero-order valence-corrected chi connectivity index (χ0v) is 14.5. The van der Waals surface area contributed by atoms with Gasteiger partial charge in [0, 0.05) is 0 Å². The highest BCUT2D eigenvalue weighted by atomic mass is 16.5. The number of ether oxygens (including phenoxy) is 2. The average Bonchev–Trinajstić information content (AvgIpc) is 2.62. The molecule has 0 saturated carbocycles. The first-order valence-corrected chi connectivity index (χ1v) is 7.97. The van der Waals surface area contributed by atoms with E-state index in [2.05, 4.69) is 10.9 Å². The second kappa shape index (κ2) is 8.73. The van der Waals surface area contributed by atoms with Crippen LogP contribution in [0.4, 0.5) is 0 Å². The number of aryl methyl sites for hydroxylation is 1. The molecule has 0 bridgehead atoms. The molecule has 6 heteroatoms. The number of hydrazine groups is 1. The molecule has 1 atom stereocenters. The Morgan fingerprint density at radius 2 is 1.72 bits per heavy atom. The van der Waals surface area contributed by atoms with E-state index in [1.165, 1.54) is 0 Å². The van der Waals surface area contributed by atoms with Gasteiger partial charge >= 0.3 is 0 Å². The van der Waals surface area contributed by atoms with Gasteiger partial charge in [0.05, 0.1) is 0 Å². The van der Waals surface area contributed by atoms with E-state index in [4.69, 9.17) is 9.47 Å². The van der Waals surface area contributed by atoms with E-state index >= 15 is 0 Å². The summed E-state index contributed by atoms with van der Waals surface area (Å²) >= 11 is 0. The fourth-order valence-corrected chi connectivity index (χ4v) is 2.03. The Hall–Kier alpha value is -3.02. The van der Waals surface area contributed by atoms with Crippen molar-refractivity contribution in [2.24, 2.45) is 0 Å². The van der Waals surface area contributed by atoms with Gasteiger partial charge in [0.2, 0.25) is 0 Å². The van der Waals surface area contributed by atoms with Crippen molar-refractivity contribution in [2.45, 2.75) is 26.9 Å². The minimum atomic E-state index is -0.754. The number of hydrogen-bond acceptors (Lipinski definition) is 4. The highest BCUT2D eigenvalue weighted by Gasteiger charge is 2.16. The van der Waals surface area contributed by atoms with Gasteiger partial charge in [-0.1, -0.05) is 30.3 Å². The summed E-state index contributed by atoms with van der Waals surface area (Å²) in [6.45, 7) is 5.32. The van der Waals surface area contributed by atoms with Crippen LogP contribution >= 0.6 is 0 Å². The summed E-state index contributed by atoms with van der Waals surface area (Å²) in [5.41, 5.74) is 6.69. The SMILES string of the molecule is Cc1cccc(OC(C)C(=O)NNC(=O)COc2ccccc2)c1C. The Morgan fingerprint density at radius 3 is 2.44 bits per heavy atom. The van der Waals surface area contributed by atoms with Crippen molar-refractivity contribution in [1.82, 2.24) is 10.9 Å². The molecule has 2 rings (SSSR count). The van der Waals surface area contributed by atoms with Crippen LogP contribution in [0.15, 0.2) is 48.5 Å². The molecule has 132 valence electrons. The third-order valence-corrected chi connectivity index (χ3v) is 3.67. The molecule has 0 radical (unpaired) electrons. The van der Waals surface area contributed by atoms with Gasteiger partial charge in [0.25, 0.3) is 11.8 Å². The van der Waals surface area contributed by atoms with Gasteiger partial charge in [0.1, 0.15) is 11.5 Å². The van der Waals surface area contributed by atoms with Gasteiger partial charge in [-0.25, -0.2) is 0 Å². The smallest absolute Gasteiger partial charge is 0.279 e. The normalized spacial score (nSPS) is 11.3. The maximum atomic E-state index is 12.0. The molecule has 6 nitrogen and oxygen atoms in total. The van der Waals surface area contributed by atoms with Crippen molar-refractivity contribution < 1.29 is 19.1 Å². The molecule has 0 aliphatic heterocycles. The summed E-state index contributed by atoms with van der Waals surface area (Å²) in [6, 6.07) is 14.6. The van der Waals surface area contributed by atoms with Gasteiger partial charge in [-0.15, -0.1) is 0 Å². The van der Waals surface area contributed by atoms with Crippen molar-refractivity contribution in [1.29, 1.82) is 0 Å². The number of hydrogen-bond donors (Lipinski definition) is 2. The van der Waals surface area contributed by atoms with E-state index in [0.29, 0.717) is 11.5 Å². The minimum Gasteiger partial charge on any atom is -0.484 e. The van der Waals surface area contributed by atoms with Gasteiger partial charge in [-0.05, 0) is 50.1 Å². The molecular formula is C19H22N2O4. The maximum Gasteiger partial charge on any atom is 0.279 e. The summed E-state index contributed by atoms with van der Waals surface area (Å²) in [4.78, 5) is 23.7. The third kappa shape index (κ3) is 5.53. The summed E-state index contributed by atoms with van der Waals surface area (Å²) in [7, 11) is 0. The third-order valence-electron chi connectivity index (χ3n) is 3.67. The first-order valence-electron chi connectivity index (χ1n) is 7.97. The molecule has 1 unspecified atom stereocenters. The van der Waals surface area contributed by atoms with Crippen LogP contribution in [0.1, 0.15) is 18.1 Å². The largest absolute Gasteiger partial charge is 0.484 e. The molecule has 0 fully saturated rings. The quantitative estimate of drug-likeness (QED) is 0.790. The molecule has 0 aliphatic carbocycles. The minimum absolute atomic E-state index is 0.198. The predicted molar refractivity (Wildman–Crippen MR) is 94.2 cm³/mol.